The van der Waals surface area contributed by atoms with Gasteiger partial charge in [-0.2, -0.15) is 13.2 Å². The van der Waals surface area contributed by atoms with Crippen LogP contribution in [0.15, 0.2) is 57.9 Å². The molecule has 5 nitrogen and oxygen atoms in total. The van der Waals surface area contributed by atoms with Crippen LogP contribution in [0.2, 0.25) is 0 Å². The summed E-state index contributed by atoms with van der Waals surface area (Å²) in [6.07, 6.45) is -4.75. The van der Waals surface area contributed by atoms with Gasteiger partial charge in [0.15, 0.2) is 0 Å². The molecule has 0 aliphatic carbocycles. The average Bonchev–Trinajstić information content (AvgIpc) is 3.01. The summed E-state index contributed by atoms with van der Waals surface area (Å²) in [6, 6.07) is 10.1. The van der Waals surface area contributed by atoms with Crippen LogP contribution in [-0.4, -0.2) is 25.0 Å². The Morgan fingerprint density at radius 1 is 1.14 bits per heavy atom. The molecule has 0 aliphatic rings. The van der Waals surface area contributed by atoms with E-state index in [1.807, 2.05) is 0 Å². The molecule has 2 aromatic carbocycles. The molecule has 28 heavy (non-hydrogen) atoms. The Hall–Kier alpha value is -2.33. The van der Waals surface area contributed by atoms with E-state index in [-0.39, 0.29) is 21.5 Å². The van der Waals surface area contributed by atoms with E-state index in [0.29, 0.717) is 3.97 Å². The van der Waals surface area contributed by atoms with Crippen molar-refractivity contribution < 1.29 is 31.1 Å². The van der Waals surface area contributed by atoms with E-state index in [2.05, 4.69) is 15.9 Å². The minimum Gasteiger partial charge on any atom is -0.461 e. The normalized spacial score (nSPS) is 12.3. The van der Waals surface area contributed by atoms with Crippen molar-refractivity contribution in [3.63, 3.8) is 0 Å². The number of hydrogen-bond donors (Lipinski definition) is 0. The molecule has 3 aromatic rings. The first kappa shape index (κ1) is 20.4. The van der Waals surface area contributed by atoms with Crippen molar-refractivity contribution in [2.24, 2.45) is 0 Å². The van der Waals surface area contributed by atoms with Gasteiger partial charge in [-0.05, 0) is 37.3 Å². The summed E-state index contributed by atoms with van der Waals surface area (Å²) in [7, 11) is -4.37. The van der Waals surface area contributed by atoms with Crippen LogP contribution < -0.4 is 0 Å². The highest BCUT2D eigenvalue weighted by Gasteiger charge is 2.36. The lowest BCUT2D eigenvalue weighted by Crippen LogP contribution is -2.19. The molecule has 148 valence electrons. The number of halogens is 4. The topological polar surface area (TPSA) is 65.4 Å². The van der Waals surface area contributed by atoms with Crippen molar-refractivity contribution in [1.29, 1.82) is 0 Å². The number of esters is 1. The summed E-state index contributed by atoms with van der Waals surface area (Å²) in [6.45, 7) is 1.44. The Morgan fingerprint density at radius 3 is 2.36 bits per heavy atom. The Balaban J connectivity index is 2.45. The Bertz CT molecular complexity index is 1160. The monoisotopic (exact) mass is 475 g/mol. The first-order valence-corrected chi connectivity index (χ1v) is 10.2. The molecule has 0 amide bonds. The maximum absolute atomic E-state index is 13.5. The van der Waals surface area contributed by atoms with Gasteiger partial charge in [-0.15, -0.1) is 0 Å². The zero-order valence-corrected chi connectivity index (χ0v) is 16.7. The highest BCUT2D eigenvalue weighted by atomic mass is 79.9. The molecule has 10 heteroatoms. The summed E-state index contributed by atoms with van der Waals surface area (Å²) < 4.78 is 72.4. The van der Waals surface area contributed by atoms with Gasteiger partial charge in [0.05, 0.1) is 22.6 Å². The second kappa shape index (κ2) is 7.25. The molecule has 0 atom stereocenters. The first-order chi connectivity index (χ1) is 13.1. The maximum Gasteiger partial charge on any atom is 0.417 e. The van der Waals surface area contributed by atoms with E-state index >= 15 is 0 Å². The molecule has 0 saturated carbocycles. The van der Waals surface area contributed by atoms with Gasteiger partial charge in [0.25, 0.3) is 10.0 Å². The molecule has 3 rings (SSSR count). The van der Waals surface area contributed by atoms with Crippen LogP contribution in [-0.2, 0) is 20.9 Å². The second-order valence-corrected chi connectivity index (χ2v) is 8.42. The van der Waals surface area contributed by atoms with Gasteiger partial charge in [-0.1, -0.05) is 34.1 Å². The molecule has 0 N–H and O–H groups in total. The van der Waals surface area contributed by atoms with Crippen molar-refractivity contribution >= 4 is 42.8 Å². The van der Waals surface area contributed by atoms with Crippen molar-refractivity contribution in [2.75, 3.05) is 6.61 Å². The van der Waals surface area contributed by atoms with E-state index in [4.69, 9.17) is 4.74 Å². The largest absolute Gasteiger partial charge is 0.461 e. The fraction of sp³-hybridized carbons (Fsp3) is 0.167. The number of fused-ring (bicyclic) bond motifs is 1. The van der Waals surface area contributed by atoms with Crippen LogP contribution in [0.1, 0.15) is 23.0 Å². The van der Waals surface area contributed by atoms with Crippen LogP contribution in [0.3, 0.4) is 0 Å². The fourth-order valence-corrected chi connectivity index (χ4v) is 4.74. The molecule has 0 radical (unpaired) electrons. The van der Waals surface area contributed by atoms with Crippen LogP contribution >= 0.6 is 15.9 Å². The molecular weight excluding hydrogens is 463 g/mol. The van der Waals surface area contributed by atoms with Gasteiger partial charge in [0.1, 0.15) is 5.69 Å². The van der Waals surface area contributed by atoms with Gasteiger partial charge in [0, 0.05) is 9.86 Å². The van der Waals surface area contributed by atoms with E-state index < -0.39 is 38.8 Å². The Morgan fingerprint density at radius 2 is 1.79 bits per heavy atom. The summed E-state index contributed by atoms with van der Waals surface area (Å²) in [5, 5.41) is -0.418. The number of alkyl halides is 3. The van der Waals surface area contributed by atoms with Crippen LogP contribution in [0, 0.1) is 0 Å². The van der Waals surface area contributed by atoms with E-state index in [0.717, 1.165) is 12.1 Å². The van der Waals surface area contributed by atoms with E-state index in [1.165, 1.54) is 37.3 Å². The zero-order valence-electron chi connectivity index (χ0n) is 14.3. The highest BCUT2D eigenvalue weighted by molar-refractivity contribution is 9.10. The zero-order chi connectivity index (χ0) is 20.7. The standard InChI is InChI=1S/C18H13BrF3NO4S/c1-2-27-17(24)16-10-13-14(18(20,21)22)8-11(19)9-15(13)23(16)28(25,26)12-6-4-3-5-7-12/h3-10H,2H2,1H3. The summed E-state index contributed by atoms with van der Waals surface area (Å²) in [4.78, 5) is 12.2. The molecule has 0 spiro atoms. The predicted octanol–water partition coefficient (Wildman–Crippen LogP) is 4.84. The lowest BCUT2D eigenvalue weighted by molar-refractivity contribution is -0.136. The highest BCUT2D eigenvalue weighted by Crippen LogP contribution is 2.39. The third kappa shape index (κ3) is 3.53. The number of rotatable bonds is 4. The SMILES string of the molecule is CCOC(=O)c1cc2c(C(F)(F)F)cc(Br)cc2n1S(=O)(=O)c1ccccc1. The lowest BCUT2D eigenvalue weighted by atomic mass is 10.1. The number of carbonyl (C=O) groups is 1. The number of hydrogen-bond acceptors (Lipinski definition) is 4. The quantitative estimate of drug-likeness (QED) is 0.506. The van der Waals surface area contributed by atoms with Gasteiger partial charge in [-0.3, -0.25) is 0 Å². The molecule has 0 fully saturated rings. The summed E-state index contributed by atoms with van der Waals surface area (Å²) in [5.74, 6) is -1.04. The van der Waals surface area contributed by atoms with Crippen molar-refractivity contribution in [1.82, 2.24) is 3.97 Å². The number of aromatic nitrogens is 1. The Kier molecular flexibility index (Phi) is 5.28. The minimum absolute atomic E-state index is 0.0188. The Labute approximate surface area is 166 Å². The van der Waals surface area contributed by atoms with Crippen molar-refractivity contribution in [3.05, 3.63) is 64.3 Å². The maximum atomic E-state index is 13.5. The predicted molar refractivity (Wildman–Crippen MR) is 99.6 cm³/mol. The lowest BCUT2D eigenvalue weighted by Gasteiger charge is -2.13. The van der Waals surface area contributed by atoms with Crippen LogP contribution in [0.25, 0.3) is 10.9 Å². The molecule has 0 aliphatic heterocycles. The minimum atomic E-state index is -4.75. The van der Waals surface area contributed by atoms with E-state index in [9.17, 15) is 26.4 Å². The van der Waals surface area contributed by atoms with Gasteiger partial charge >= 0.3 is 12.1 Å². The molecule has 1 aromatic heterocycles. The first-order valence-electron chi connectivity index (χ1n) is 7.97. The summed E-state index contributed by atoms with van der Waals surface area (Å²) in [5.41, 5.74) is -1.86. The van der Waals surface area contributed by atoms with Crippen molar-refractivity contribution in [2.45, 2.75) is 18.0 Å². The average molecular weight is 476 g/mol. The second-order valence-electron chi connectivity index (χ2n) is 5.72. The van der Waals surface area contributed by atoms with Crippen LogP contribution in [0.4, 0.5) is 13.2 Å². The van der Waals surface area contributed by atoms with E-state index in [1.54, 1.807) is 6.07 Å². The fourth-order valence-electron chi connectivity index (χ4n) is 2.79. The molecular formula is C18H13BrF3NO4S. The number of benzene rings is 2. The summed E-state index contributed by atoms with van der Waals surface area (Å²) >= 11 is 2.99. The van der Waals surface area contributed by atoms with Gasteiger partial charge in [0.2, 0.25) is 0 Å². The molecule has 0 bridgehead atoms. The third-order valence-electron chi connectivity index (χ3n) is 3.91. The van der Waals surface area contributed by atoms with Crippen molar-refractivity contribution in [3.8, 4) is 0 Å². The number of carbonyl (C=O) groups excluding carboxylic acids is 1. The molecule has 0 saturated heterocycles. The van der Waals surface area contributed by atoms with Crippen LogP contribution in [0.5, 0.6) is 0 Å². The molecule has 1 heterocycles. The molecule has 0 unspecified atom stereocenters. The van der Waals surface area contributed by atoms with Gasteiger partial charge < -0.3 is 4.74 Å². The number of nitrogens with zero attached hydrogens (tertiary/aromatic N) is 1. The van der Waals surface area contributed by atoms with Gasteiger partial charge in [-0.25, -0.2) is 17.2 Å². The smallest absolute Gasteiger partial charge is 0.417 e. The third-order valence-corrected chi connectivity index (χ3v) is 6.11. The number of ether oxygens (including phenoxy) is 1.